The Bertz CT molecular complexity index is 693. The minimum Gasteiger partial charge on any atom is -0.481 e. The Morgan fingerprint density at radius 3 is 2.30 bits per heavy atom. The monoisotopic (exact) mass is 376 g/mol. The highest BCUT2D eigenvalue weighted by molar-refractivity contribution is 5.98. The van der Waals surface area contributed by atoms with Gasteiger partial charge in [-0.15, -0.1) is 0 Å². The molecule has 2 rings (SSSR count). The smallest absolute Gasteiger partial charge is 0.305 e. The highest BCUT2D eigenvalue weighted by atomic mass is 16.5. The quantitative estimate of drug-likeness (QED) is 0.793. The number of nitrogens with one attached hydrogen (secondary N) is 1. The molecule has 0 radical (unpaired) electrons. The molecule has 2 atom stereocenters. The van der Waals surface area contributed by atoms with Gasteiger partial charge in [0.05, 0.1) is 12.5 Å². The van der Waals surface area contributed by atoms with Crippen LogP contribution < -0.4 is 5.32 Å². The third-order valence-electron chi connectivity index (χ3n) is 4.55. The molecular formula is C20H28N2O5. The van der Waals surface area contributed by atoms with E-state index in [1.54, 1.807) is 36.3 Å². The second kappa shape index (κ2) is 8.52. The molecular weight excluding hydrogens is 348 g/mol. The van der Waals surface area contributed by atoms with E-state index in [4.69, 9.17) is 9.84 Å². The van der Waals surface area contributed by atoms with E-state index in [-0.39, 0.29) is 29.8 Å². The van der Waals surface area contributed by atoms with Crippen molar-refractivity contribution in [2.75, 3.05) is 20.2 Å². The SMILES string of the molecule is CO[C@@H]1C[C@H](CC(=O)O)N(C(=O)c2ccc(C(=O)NCC(C)(C)C)cc2)C1. The molecule has 0 aliphatic carbocycles. The number of rotatable bonds is 6. The molecule has 2 amide bonds. The minimum absolute atomic E-state index is 0.0155. The molecule has 1 aliphatic heterocycles. The lowest BCUT2D eigenvalue weighted by Crippen LogP contribution is -2.37. The average molecular weight is 376 g/mol. The van der Waals surface area contributed by atoms with Gasteiger partial charge < -0.3 is 20.1 Å². The molecule has 1 fully saturated rings. The number of hydrogen-bond acceptors (Lipinski definition) is 4. The molecule has 0 unspecified atom stereocenters. The van der Waals surface area contributed by atoms with Crippen molar-refractivity contribution in [3.05, 3.63) is 35.4 Å². The second-order valence-electron chi connectivity index (χ2n) is 8.12. The fourth-order valence-electron chi connectivity index (χ4n) is 3.07. The van der Waals surface area contributed by atoms with Crippen molar-refractivity contribution >= 4 is 17.8 Å². The maximum absolute atomic E-state index is 12.8. The van der Waals surface area contributed by atoms with E-state index in [1.807, 2.05) is 20.8 Å². The van der Waals surface area contributed by atoms with Crippen LogP contribution >= 0.6 is 0 Å². The Morgan fingerprint density at radius 1 is 1.19 bits per heavy atom. The van der Waals surface area contributed by atoms with Crippen LogP contribution in [0.1, 0.15) is 54.3 Å². The predicted molar refractivity (Wildman–Crippen MR) is 101 cm³/mol. The Hall–Kier alpha value is -2.41. The number of aliphatic carboxylic acids is 1. The van der Waals surface area contributed by atoms with Crippen LogP contribution in [0.2, 0.25) is 0 Å². The van der Waals surface area contributed by atoms with E-state index in [1.165, 1.54) is 0 Å². The first kappa shape index (κ1) is 20.9. The molecule has 7 nitrogen and oxygen atoms in total. The van der Waals surface area contributed by atoms with Gasteiger partial charge in [0.25, 0.3) is 11.8 Å². The van der Waals surface area contributed by atoms with Crippen LogP contribution in [-0.4, -0.2) is 60.1 Å². The summed E-state index contributed by atoms with van der Waals surface area (Å²) in [6.07, 6.45) is 0.224. The molecule has 27 heavy (non-hydrogen) atoms. The van der Waals surface area contributed by atoms with Crippen LogP contribution in [0, 0.1) is 5.41 Å². The van der Waals surface area contributed by atoms with E-state index in [2.05, 4.69) is 5.32 Å². The van der Waals surface area contributed by atoms with Gasteiger partial charge in [0.2, 0.25) is 0 Å². The average Bonchev–Trinajstić information content (AvgIpc) is 3.00. The Labute approximate surface area is 159 Å². The third-order valence-corrected chi connectivity index (χ3v) is 4.55. The Balaban J connectivity index is 2.07. The van der Waals surface area contributed by atoms with Gasteiger partial charge in [0.15, 0.2) is 0 Å². The molecule has 1 saturated heterocycles. The zero-order valence-electron chi connectivity index (χ0n) is 16.3. The third kappa shape index (κ3) is 5.79. The predicted octanol–water partition coefficient (Wildman–Crippen LogP) is 2.17. The summed E-state index contributed by atoms with van der Waals surface area (Å²) in [5.41, 5.74) is 0.891. The highest BCUT2D eigenvalue weighted by Crippen LogP contribution is 2.25. The van der Waals surface area contributed by atoms with Crippen LogP contribution in [0.3, 0.4) is 0 Å². The van der Waals surface area contributed by atoms with Crippen LogP contribution in [0.4, 0.5) is 0 Å². The summed E-state index contributed by atoms with van der Waals surface area (Å²) < 4.78 is 5.30. The molecule has 7 heteroatoms. The first-order valence-electron chi connectivity index (χ1n) is 9.04. The Morgan fingerprint density at radius 2 is 1.78 bits per heavy atom. The van der Waals surface area contributed by atoms with Gasteiger partial charge in [-0.05, 0) is 36.1 Å². The fourth-order valence-corrected chi connectivity index (χ4v) is 3.07. The van der Waals surface area contributed by atoms with Crippen LogP contribution in [0.25, 0.3) is 0 Å². The normalized spacial score (nSPS) is 19.8. The largest absolute Gasteiger partial charge is 0.481 e. The lowest BCUT2D eigenvalue weighted by atomic mass is 9.97. The number of likely N-dealkylation sites (tertiary alicyclic amines) is 1. The Kier molecular flexibility index (Phi) is 6.59. The van der Waals surface area contributed by atoms with Crippen molar-refractivity contribution in [1.29, 1.82) is 0 Å². The highest BCUT2D eigenvalue weighted by Gasteiger charge is 2.36. The minimum atomic E-state index is -0.944. The molecule has 1 aliphatic rings. The number of carboxylic acids is 1. The van der Waals surface area contributed by atoms with Gasteiger partial charge in [0.1, 0.15) is 0 Å². The summed E-state index contributed by atoms with van der Waals surface area (Å²) in [7, 11) is 1.56. The van der Waals surface area contributed by atoms with Crippen molar-refractivity contribution in [2.24, 2.45) is 5.41 Å². The summed E-state index contributed by atoms with van der Waals surface area (Å²) in [4.78, 5) is 37.6. The molecule has 2 N–H and O–H groups in total. The molecule has 1 heterocycles. The number of amides is 2. The molecule has 0 aromatic heterocycles. The summed E-state index contributed by atoms with van der Waals surface area (Å²) in [5, 5.41) is 12.0. The summed E-state index contributed by atoms with van der Waals surface area (Å²) in [6.45, 7) is 7.01. The maximum Gasteiger partial charge on any atom is 0.305 e. The van der Waals surface area contributed by atoms with Gasteiger partial charge in [0, 0.05) is 37.4 Å². The second-order valence-corrected chi connectivity index (χ2v) is 8.12. The van der Waals surface area contributed by atoms with E-state index >= 15 is 0 Å². The standard InChI is InChI=1S/C20H28N2O5/c1-20(2,3)12-21-18(25)13-5-7-14(8-6-13)19(26)22-11-16(27-4)9-15(22)10-17(23)24/h5-8,15-16H,9-12H2,1-4H3,(H,21,25)(H,23,24)/t15-,16-/m1/s1. The number of carbonyl (C=O) groups is 3. The topological polar surface area (TPSA) is 95.9 Å². The fraction of sp³-hybridized carbons (Fsp3) is 0.550. The molecule has 148 valence electrons. The van der Waals surface area contributed by atoms with Crippen molar-refractivity contribution in [2.45, 2.75) is 45.8 Å². The number of nitrogens with zero attached hydrogens (tertiary/aromatic N) is 1. The molecule has 0 saturated carbocycles. The van der Waals surface area contributed by atoms with Gasteiger partial charge in [-0.25, -0.2) is 0 Å². The van der Waals surface area contributed by atoms with Crippen molar-refractivity contribution in [3.63, 3.8) is 0 Å². The van der Waals surface area contributed by atoms with E-state index in [0.29, 0.717) is 30.6 Å². The summed E-state index contributed by atoms with van der Waals surface area (Å²) >= 11 is 0. The van der Waals surface area contributed by atoms with E-state index in [9.17, 15) is 14.4 Å². The first-order chi connectivity index (χ1) is 12.6. The van der Waals surface area contributed by atoms with Crippen LogP contribution in [0.15, 0.2) is 24.3 Å². The molecule has 1 aromatic carbocycles. The summed E-state index contributed by atoms with van der Waals surface area (Å²) in [6, 6.07) is 6.04. The number of methoxy groups -OCH3 is 1. The zero-order chi connectivity index (χ0) is 20.2. The van der Waals surface area contributed by atoms with Crippen molar-refractivity contribution < 1.29 is 24.2 Å². The van der Waals surface area contributed by atoms with E-state index in [0.717, 1.165) is 0 Å². The molecule has 0 bridgehead atoms. The molecule has 0 spiro atoms. The number of hydrogen-bond donors (Lipinski definition) is 2. The lowest BCUT2D eigenvalue weighted by Gasteiger charge is -2.23. The van der Waals surface area contributed by atoms with Gasteiger partial charge in [-0.2, -0.15) is 0 Å². The number of carbonyl (C=O) groups excluding carboxylic acids is 2. The van der Waals surface area contributed by atoms with Crippen LogP contribution in [-0.2, 0) is 9.53 Å². The van der Waals surface area contributed by atoms with E-state index < -0.39 is 12.0 Å². The van der Waals surface area contributed by atoms with Crippen LogP contribution in [0.5, 0.6) is 0 Å². The van der Waals surface area contributed by atoms with Crippen molar-refractivity contribution in [3.8, 4) is 0 Å². The number of carboxylic acid groups (broad SMARTS) is 1. The van der Waals surface area contributed by atoms with Gasteiger partial charge >= 0.3 is 5.97 Å². The number of ether oxygens (including phenoxy) is 1. The van der Waals surface area contributed by atoms with Gasteiger partial charge in [-0.3, -0.25) is 14.4 Å². The van der Waals surface area contributed by atoms with Crippen molar-refractivity contribution in [1.82, 2.24) is 10.2 Å². The first-order valence-corrected chi connectivity index (χ1v) is 9.04. The maximum atomic E-state index is 12.8. The van der Waals surface area contributed by atoms with Gasteiger partial charge in [-0.1, -0.05) is 20.8 Å². The molecule has 1 aromatic rings. The lowest BCUT2D eigenvalue weighted by molar-refractivity contribution is -0.138. The number of benzene rings is 1. The zero-order valence-corrected chi connectivity index (χ0v) is 16.3. The summed E-state index contributed by atoms with van der Waals surface area (Å²) in [5.74, 6) is -1.38.